The third-order valence-electron chi connectivity index (χ3n) is 1.62. The molecule has 0 aliphatic carbocycles. The zero-order valence-corrected chi connectivity index (χ0v) is 9.23. The van der Waals surface area contributed by atoms with Gasteiger partial charge >= 0.3 is 0 Å². The van der Waals surface area contributed by atoms with E-state index >= 15 is 0 Å². The molecule has 2 heteroatoms. The van der Waals surface area contributed by atoms with Crippen molar-refractivity contribution in [1.82, 2.24) is 0 Å². The highest BCUT2D eigenvalue weighted by Gasteiger charge is 1.97. The molecule has 1 rings (SSSR count). The minimum absolute atomic E-state index is 0.534. The summed E-state index contributed by atoms with van der Waals surface area (Å²) in [5.74, 6) is 0.534. The molecule has 0 unspecified atom stereocenters. The van der Waals surface area contributed by atoms with Gasteiger partial charge in [0.15, 0.2) is 0 Å². The molecule has 0 spiro atoms. The molecule has 0 radical (unpaired) electrons. The summed E-state index contributed by atoms with van der Waals surface area (Å²) in [7, 11) is 0. The summed E-state index contributed by atoms with van der Waals surface area (Å²) in [5, 5.41) is 1.37. The second-order valence-corrected chi connectivity index (χ2v) is 4.11. The Morgan fingerprint density at radius 1 is 1.23 bits per heavy atom. The fourth-order valence-corrected chi connectivity index (χ4v) is 1.40. The highest BCUT2D eigenvalue weighted by molar-refractivity contribution is 6.35. The van der Waals surface area contributed by atoms with Crippen molar-refractivity contribution in [1.29, 1.82) is 0 Å². The molecular weight excluding hydrogens is 203 g/mol. The third-order valence-corrected chi connectivity index (χ3v) is 2.19. The average molecular weight is 215 g/mol. The van der Waals surface area contributed by atoms with E-state index in [2.05, 4.69) is 19.9 Å². The molecule has 0 fully saturated rings. The molecule has 0 aliphatic rings. The van der Waals surface area contributed by atoms with Crippen molar-refractivity contribution in [3.8, 4) is 0 Å². The van der Waals surface area contributed by atoms with Gasteiger partial charge in [-0.05, 0) is 23.6 Å². The first-order valence-electron chi connectivity index (χ1n) is 4.23. The van der Waals surface area contributed by atoms with Gasteiger partial charge in [0.05, 0.1) is 0 Å². The number of hydrogen-bond donors (Lipinski definition) is 0. The SMILES string of the molecule is CC(C)C=Cc1ccc(Cl)cc1Cl. The quantitative estimate of drug-likeness (QED) is 0.672. The Balaban J connectivity index is 2.90. The third kappa shape index (κ3) is 3.41. The highest BCUT2D eigenvalue weighted by atomic mass is 35.5. The van der Waals surface area contributed by atoms with Crippen molar-refractivity contribution in [3.63, 3.8) is 0 Å². The van der Waals surface area contributed by atoms with E-state index in [-0.39, 0.29) is 0 Å². The zero-order valence-electron chi connectivity index (χ0n) is 7.72. The maximum atomic E-state index is 5.98. The predicted octanol–water partition coefficient (Wildman–Crippen LogP) is 4.66. The van der Waals surface area contributed by atoms with Crippen LogP contribution in [0.2, 0.25) is 10.0 Å². The molecule has 70 valence electrons. The Bertz CT molecular complexity index is 314. The lowest BCUT2D eigenvalue weighted by molar-refractivity contribution is 0.836. The lowest BCUT2D eigenvalue weighted by Gasteiger charge is -1.99. The van der Waals surface area contributed by atoms with Crippen LogP contribution in [0.25, 0.3) is 6.08 Å². The molecule has 1 aromatic carbocycles. The average Bonchev–Trinajstić information content (AvgIpc) is 2.02. The molecule has 0 amide bonds. The van der Waals surface area contributed by atoms with Crippen molar-refractivity contribution in [2.24, 2.45) is 5.92 Å². The summed E-state index contributed by atoms with van der Waals surface area (Å²) >= 11 is 11.7. The van der Waals surface area contributed by atoms with Crippen LogP contribution in [0.4, 0.5) is 0 Å². The maximum Gasteiger partial charge on any atom is 0.0493 e. The normalized spacial score (nSPS) is 11.5. The summed E-state index contributed by atoms with van der Waals surface area (Å²) in [6.45, 7) is 4.25. The van der Waals surface area contributed by atoms with E-state index in [0.717, 1.165) is 5.56 Å². The summed E-state index contributed by atoms with van der Waals surface area (Å²) in [4.78, 5) is 0. The summed E-state index contributed by atoms with van der Waals surface area (Å²) in [5.41, 5.74) is 1.01. The van der Waals surface area contributed by atoms with Crippen LogP contribution in [-0.2, 0) is 0 Å². The van der Waals surface area contributed by atoms with E-state index in [1.54, 1.807) is 6.07 Å². The number of rotatable bonds is 2. The first kappa shape index (κ1) is 10.6. The van der Waals surface area contributed by atoms with Gasteiger partial charge in [0, 0.05) is 10.0 Å². The molecule has 0 atom stereocenters. The Morgan fingerprint density at radius 3 is 2.46 bits per heavy atom. The van der Waals surface area contributed by atoms with Gasteiger partial charge in [-0.1, -0.05) is 55.3 Å². The molecule has 13 heavy (non-hydrogen) atoms. The predicted molar refractivity (Wildman–Crippen MR) is 60.3 cm³/mol. The lowest BCUT2D eigenvalue weighted by atomic mass is 10.1. The fourth-order valence-electron chi connectivity index (χ4n) is 0.933. The lowest BCUT2D eigenvalue weighted by Crippen LogP contribution is -1.79. The van der Waals surface area contributed by atoms with Crippen LogP contribution in [-0.4, -0.2) is 0 Å². The molecule has 0 nitrogen and oxygen atoms in total. The fraction of sp³-hybridized carbons (Fsp3) is 0.273. The van der Waals surface area contributed by atoms with E-state index in [9.17, 15) is 0 Å². The summed E-state index contributed by atoms with van der Waals surface area (Å²) in [6.07, 6.45) is 4.12. The van der Waals surface area contributed by atoms with E-state index in [4.69, 9.17) is 23.2 Å². The second kappa shape index (κ2) is 4.69. The minimum Gasteiger partial charge on any atom is -0.0843 e. The van der Waals surface area contributed by atoms with Crippen LogP contribution in [0, 0.1) is 5.92 Å². The Kier molecular flexibility index (Phi) is 3.83. The van der Waals surface area contributed by atoms with Crippen molar-refractivity contribution in [3.05, 3.63) is 39.9 Å². The molecule has 0 N–H and O–H groups in total. The van der Waals surface area contributed by atoms with Gasteiger partial charge in [0.2, 0.25) is 0 Å². The van der Waals surface area contributed by atoms with Gasteiger partial charge < -0.3 is 0 Å². The number of halogens is 2. The molecule has 0 aromatic heterocycles. The zero-order chi connectivity index (χ0) is 9.84. The summed E-state index contributed by atoms with van der Waals surface area (Å²) in [6, 6.07) is 5.51. The summed E-state index contributed by atoms with van der Waals surface area (Å²) < 4.78 is 0. The van der Waals surface area contributed by atoms with E-state index in [0.29, 0.717) is 16.0 Å². The van der Waals surface area contributed by atoms with Crippen LogP contribution in [0.15, 0.2) is 24.3 Å². The van der Waals surface area contributed by atoms with Crippen molar-refractivity contribution in [2.75, 3.05) is 0 Å². The molecule has 0 bridgehead atoms. The second-order valence-electron chi connectivity index (χ2n) is 3.27. The van der Waals surface area contributed by atoms with E-state index in [1.807, 2.05) is 18.2 Å². The van der Waals surface area contributed by atoms with Gasteiger partial charge in [-0.3, -0.25) is 0 Å². The Hall–Kier alpha value is -0.460. The van der Waals surface area contributed by atoms with Gasteiger partial charge in [-0.15, -0.1) is 0 Å². The highest BCUT2D eigenvalue weighted by Crippen LogP contribution is 2.22. The molecule has 0 saturated heterocycles. The smallest absolute Gasteiger partial charge is 0.0493 e. The molecule has 0 saturated carbocycles. The van der Waals surface area contributed by atoms with Crippen molar-refractivity contribution in [2.45, 2.75) is 13.8 Å². The first-order valence-corrected chi connectivity index (χ1v) is 4.98. The van der Waals surface area contributed by atoms with Crippen LogP contribution in [0.3, 0.4) is 0 Å². The Morgan fingerprint density at radius 2 is 1.92 bits per heavy atom. The number of hydrogen-bond acceptors (Lipinski definition) is 0. The van der Waals surface area contributed by atoms with E-state index < -0.39 is 0 Å². The van der Waals surface area contributed by atoms with Gasteiger partial charge in [0.25, 0.3) is 0 Å². The minimum atomic E-state index is 0.534. The largest absolute Gasteiger partial charge is 0.0843 e. The molecule has 0 heterocycles. The van der Waals surface area contributed by atoms with Crippen LogP contribution >= 0.6 is 23.2 Å². The molecule has 0 aliphatic heterocycles. The monoisotopic (exact) mass is 214 g/mol. The van der Waals surface area contributed by atoms with E-state index in [1.165, 1.54) is 0 Å². The Labute approximate surface area is 89.2 Å². The standard InChI is InChI=1S/C11H12Cl2/c1-8(2)3-4-9-5-6-10(12)7-11(9)13/h3-8H,1-2H3. The molecule has 1 aromatic rings. The van der Waals surface area contributed by atoms with Crippen LogP contribution in [0.1, 0.15) is 19.4 Å². The van der Waals surface area contributed by atoms with Gasteiger partial charge in [-0.2, -0.15) is 0 Å². The number of allylic oxidation sites excluding steroid dienone is 1. The van der Waals surface area contributed by atoms with Gasteiger partial charge in [0.1, 0.15) is 0 Å². The van der Waals surface area contributed by atoms with Gasteiger partial charge in [-0.25, -0.2) is 0 Å². The van der Waals surface area contributed by atoms with Crippen LogP contribution < -0.4 is 0 Å². The number of benzene rings is 1. The maximum absolute atomic E-state index is 5.98. The topological polar surface area (TPSA) is 0 Å². The molecular formula is C11H12Cl2. The van der Waals surface area contributed by atoms with Crippen molar-refractivity contribution >= 4 is 29.3 Å². The van der Waals surface area contributed by atoms with Crippen LogP contribution in [0.5, 0.6) is 0 Å². The van der Waals surface area contributed by atoms with Crippen molar-refractivity contribution < 1.29 is 0 Å². The first-order chi connectivity index (χ1) is 6.09.